The van der Waals surface area contributed by atoms with Gasteiger partial charge in [-0.15, -0.1) is 0 Å². The van der Waals surface area contributed by atoms with Crippen LogP contribution < -0.4 is 5.73 Å². The summed E-state index contributed by atoms with van der Waals surface area (Å²) in [6, 6.07) is 5.66. The first kappa shape index (κ1) is 12.1. The number of hydrogen-bond donors (Lipinski definition) is 1. The molecule has 1 fully saturated rings. The summed E-state index contributed by atoms with van der Waals surface area (Å²) in [6.07, 6.45) is -0.267. The van der Waals surface area contributed by atoms with Gasteiger partial charge in [-0.25, -0.2) is 0 Å². The summed E-state index contributed by atoms with van der Waals surface area (Å²) in [5, 5.41) is 3.95. The Kier molecular flexibility index (Phi) is 3.18. The Morgan fingerprint density at radius 2 is 2.21 bits per heavy atom. The zero-order chi connectivity index (χ0) is 13.2. The van der Waals surface area contributed by atoms with E-state index in [4.69, 9.17) is 19.7 Å². The topological polar surface area (TPSA) is 83.4 Å². The highest BCUT2D eigenvalue weighted by atomic mass is 16.6. The lowest BCUT2D eigenvalue weighted by Crippen LogP contribution is -2.22. The van der Waals surface area contributed by atoms with E-state index in [1.165, 1.54) is 0 Å². The molecule has 1 unspecified atom stereocenters. The molecule has 0 saturated carbocycles. The summed E-state index contributed by atoms with van der Waals surface area (Å²) < 4.78 is 16.1. The Hall–Kier alpha value is -1.92. The molecule has 0 radical (unpaired) electrons. The van der Waals surface area contributed by atoms with Crippen molar-refractivity contribution in [3.8, 4) is 11.5 Å². The van der Waals surface area contributed by atoms with Gasteiger partial charge in [-0.3, -0.25) is 0 Å². The van der Waals surface area contributed by atoms with Gasteiger partial charge in [0.25, 0.3) is 5.89 Å². The van der Waals surface area contributed by atoms with Gasteiger partial charge >= 0.3 is 0 Å². The third-order valence-electron chi connectivity index (χ3n) is 3.06. The second kappa shape index (κ2) is 4.99. The minimum atomic E-state index is -0.267. The molecule has 100 valence electrons. The molecule has 0 spiro atoms. The smallest absolute Gasteiger partial charge is 0.260 e. The molecule has 1 aliphatic heterocycles. The number of nitrogens with two attached hydrogens (primary N) is 1. The SMILES string of the molecule is Cc1cccc(N)c1-c1nc(C2COCCO2)no1. The molecule has 19 heavy (non-hydrogen) atoms. The Morgan fingerprint density at radius 1 is 1.32 bits per heavy atom. The van der Waals surface area contributed by atoms with Crippen molar-refractivity contribution in [3.63, 3.8) is 0 Å². The number of nitrogen functional groups attached to an aromatic ring is 1. The first-order chi connectivity index (χ1) is 9.25. The monoisotopic (exact) mass is 261 g/mol. The normalized spacial score (nSPS) is 19.5. The van der Waals surface area contributed by atoms with E-state index in [-0.39, 0.29) is 6.10 Å². The maximum atomic E-state index is 5.96. The van der Waals surface area contributed by atoms with Gasteiger partial charge in [-0.2, -0.15) is 4.98 Å². The standard InChI is InChI=1S/C13H15N3O3/c1-8-3-2-4-9(14)11(8)13-15-12(16-19-13)10-7-17-5-6-18-10/h2-4,10H,5-7,14H2,1H3. The van der Waals surface area contributed by atoms with Gasteiger partial charge in [-0.05, 0) is 18.6 Å². The van der Waals surface area contributed by atoms with E-state index in [2.05, 4.69) is 10.1 Å². The fraction of sp³-hybridized carbons (Fsp3) is 0.385. The number of hydrogen-bond acceptors (Lipinski definition) is 6. The van der Waals surface area contributed by atoms with Crippen LogP contribution in [0.4, 0.5) is 5.69 Å². The molecule has 2 heterocycles. The number of rotatable bonds is 2. The van der Waals surface area contributed by atoms with Crippen LogP contribution in [0.15, 0.2) is 22.7 Å². The van der Waals surface area contributed by atoms with Crippen molar-refractivity contribution in [1.82, 2.24) is 10.1 Å². The lowest BCUT2D eigenvalue weighted by atomic mass is 10.1. The van der Waals surface area contributed by atoms with Crippen LogP contribution >= 0.6 is 0 Å². The Labute approximate surface area is 110 Å². The molecule has 1 aliphatic rings. The van der Waals surface area contributed by atoms with Gasteiger partial charge in [0.05, 0.1) is 25.4 Å². The molecule has 1 atom stereocenters. The van der Waals surface area contributed by atoms with Crippen molar-refractivity contribution in [2.75, 3.05) is 25.6 Å². The van der Waals surface area contributed by atoms with Gasteiger partial charge in [0.1, 0.15) is 6.10 Å². The van der Waals surface area contributed by atoms with Crippen molar-refractivity contribution >= 4 is 5.69 Å². The average molecular weight is 261 g/mol. The number of benzene rings is 1. The van der Waals surface area contributed by atoms with Gasteiger partial charge in [-0.1, -0.05) is 17.3 Å². The Balaban J connectivity index is 1.92. The number of ether oxygens (including phenoxy) is 2. The van der Waals surface area contributed by atoms with E-state index in [0.29, 0.717) is 37.2 Å². The maximum Gasteiger partial charge on any atom is 0.260 e. The molecular formula is C13H15N3O3. The molecule has 2 N–H and O–H groups in total. The largest absolute Gasteiger partial charge is 0.398 e. The van der Waals surface area contributed by atoms with Crippen molar-refractivity contribution in [2.45, 2.75) is 13.0 Å². The summed E-state index contributed by atoms with van der Waals surface area (Å²) in [4.78, 5) is 4.36. The quantitative estimate of drug-likeness (QED) is 0.829. The van der Waals surface area contributed by atoms with E-state index in [9.17, 15) is 0 Å². The van der Waals surface area contributed by atoms with E-state index < -0.39 is 0 Å². The van der Waals surface area contributed by atoms with Crippen LogP contribution in [0.3, 0.4) is 0 Å². The Bertz CT molecular complexity index is 556. The average Bonchev–Trinajstić information content (AvgIpc) is 2.89. The summed E-state index contributed by atoms with van der Waals surface area (Å²) in [5.41, 5.74) is 8.35. The van der Waals surface area contributed by atoms with Gasteiger partial charge < -0.3 is 19.7 Å². The summed E-state index contributed by atoms with van der Waals surface area (Å²) in [6.45, 7) is 3.55. The van der Waals surface area contributed by atoms with E-state index in [0.717, 1.165) is 11.1 Å². The Morgan fingerprint density at radius 3 is 2.95 bits per heavy atom. The van der Waals surface area contributed by atoms with E-state index >= 15 is 0 Å². The summed E-state index contributed by atoms with van der Waals surface area (Å²) in [5.74, 6) is 0.914. The summed E-state index contributed by atoms with van der Waals surface area (Å²) in [7, 11) is 0. The van der Waals surface area contributed by atoms with Crippen LogP contribution in [-0.4, -0.2) is 30.0 Å². The highest BCUT2D eigenvalue weighted by molar-refractivity contribution is 5.73. The molecule has 2 aromatic rings. The minimum Gasteiger partial charge on any atom is -0.398 e. The molecule has 6 heteroatoms. The number of anilines is 1. The molecule has 0 bridgehead atoms. The zero-order valence-corrected chi connectivity index (χ0v) is 10.6. The predicted molar refractivity (Wildman–Crippen MR) is 68.4 cm³/mol. The molecule has 1 saturated heterocycles. The summed E-state index contributed by atoms with van der Waals surface area (Å²) >= 11 is 0. The van der Waals surface area contributed by atoms with Gasteiger partial charge in [0.2, 0.25) is 5.82 Å². The van der Waals surface area contributed by atoms with Crippen molar-refractivity contribution < 1.29 is 14.0 Å². The zero-order valence-electron chi connectivity index (χ0n) is 10.6. The first-order valence-electron chi connectivity index (χ1n) is 6.14. The van der Waals surface area contributed by atoms with Crippen LogP contribution in [0.2, 0.25) is 0 Å². The fourth-order valence-electron chi connectivity index (χ4n) is 2.09. The predicted octanol–water partition coefficient (Wildman–Crippen LogP) is 1.72. The minimum absolute atomic E-state index is 0.267. The number of aryl methyl sites for hydroxylation is 1. The molecule has 0 aliphatic carbocycles. The van der Waals surface area contributed by atoms with Crippen molar-refractivity contribution in [2.24, 2.45) is 0 Å². The second-order valence-corrected chi connectivity index (χ2v) is 4.43. The lowest BCUT2D eigenvalue weighted by Gasteiger charge is -2.19. The van der Waals surface area contributed by atoms with Crippen LogP contribution in [0.1, 0.15) is 17.5 Å². The highest BCUT2D eigenvalue weighted by Gasteiger charge is 2.23. The maximum absolute atomic E-state index is 5.96. The van der Waals surface area contributed by atoms with Crippen LogP contribution in [0.25, 0.3) is 11.5 Å². The third kappa shape index (κ3) is 2.32. The van der Waals surface area contributed by atoms with Crippen LogP contribution in [0.5, 0.6) is 0 Å². The molecule has 6 nitrogen and oxygen atoms in total. The van der Waals surface area contributed by atoms with Crippen molar-refractivity contribution in [1.29, 1.82) is 0 Å². The van der Waals surface area contributed by atoms with Crippen LogP contribution in [0, 0.1) is 6.92 Å². The lowest BCUT2D eigenvalue weighted by molar-refractivity contribution is -0.0941. The van der Waals surface area contributed by atoms with Crippen LogP contribution in [-0.2, 0) is 9.47 Å². The van der Waals surface area contributed by atoms with E-state index in [1.807, 2.05) is 25.1 Å². The third-order valence-corrected chi connectivity index (χ3v) is 3.06. The molecule has 1 aromatic heterocycles. The second-order valence-electron chi connectivity index (χ2n) is 4.43. The first-order valence-corrected chi connectivity index (χ1v) is 6.14. The van der Waals surface area contributed by atoms with Gasteiger partial charge in [0, 0.05) is 5.69 Å². The van der Waals surface area contributed by atoms with E-state index in [1.54, 1.807) is 0 Å². The molecule has 1 aromatic carbocycles. The highest BCUT2D eigenvalue weighted by Crippen LogP contribution is 2.29. The molecule has 3 rings (SSSR count). The molecular weight excluding hydrogens is 246 g/mol. The number of nitrogens with zero attached hydrogens (tertiary/aromatic N) is 2. The van der Waals surface area contributed by atoms with Crippen molar-refractivity contribution in [3.05, 3.63) is 29.6 Å². The number of aromatic nitrogens is 2. The molecule has 0 amide bonds. The fourth-order valence-corrected chi connectivity index (χ4v) is 2.09. The van der Waals surface area contributed by atoms with Gasteiger partial charge in [0.15, 0.2) is 0 Å².